The molecule has 1 aromatic heterocycles. The zero-order valence-electron chi connectivity index (χ0n) is 34.2. The van der Waals surface area contributed by atoms with Crippen molar-refractivity contribution in [3.05, 3.63) is 89.6 Å². The van der Waals surface area contributed by atoms with Crippen LogP contribution in [0.4, 0.5) is 10.6 Å². The second-order valence-electron chi connectivity index (χ2n) is 14.3. The minimum atomic E-state index is -4.48. The maximum absolute atomic E-state index is 14.0. The van der Waals surface area contributed by atoms with Crippen LogP contribution in [-0.4, -0.2) is 121 Å². The molecule has 23 nitrogen and oxygen atoms in total. The number of urea groups is 1. The minimum Gasteiger partial charge on any atom is -0.481 e. The molecule has 1 fully saturated rings. The lowest BCUT2D eigenvalue weighted by molar-refractivity contribution is -0.141. The number of primary amides is 1. The van der Waals surface area contributed by atoms with Crippen LogP contribution in [0.1, 0.15) is 60.0 Å². The van der Waals surface area contributed by atoms with Crippen molar-refractivity contribution in [3.8, 4) is 0 Å². The molecular formula is C40H49N11O12S. The number of pyridine rings is 1. The Morgan fingerprint density at radius 2 is 1.39 bits per heavy atom. The van der Waals surface area contributed by atoms with Crippen LogP contribution in [-0.2, 0) is 45.3 Å². The van der Waals surface area contributed by atoms with Crippen molar-refractivity contribution in [2.75, 3.05) is 25.1 Å². The molecule has 0 bridgehead atoms. The third-order valence-corrected chi connectivity index (χ3v) is 10.3. The Kier molecular flexibility index (Phi) is 18.6. The summed E-state index contributed by atoms with van der Waals surface area (Å²) in [5.74, 6) is -6.07. The van der Waals surface area contributed by atoms with Crippen molar-refractivity contribution in [2.24, 2.45) is 10.8 Å². The molecule has 12 N–H and O–H groups in total. The van der Waals surface area contributed by atoms with Gasteiger partial charge in [0.2, 0.25) is 29.5 Å². The van der Waals surface area contributed by atoms with Crippen molar-refractivity contribution < 1.29 is 56.4 Å². The molecule has 2 aromatic carbocycles. The first-order valence-electron chi connectivity index (χ1n) is 19.9. The number of carboxylic acid groups (broad SMARTS) is 1. The van der Waals surface area contributed by atoms with Gasteiger partial charge in [-0.15, -0.1) is 0 Å². The molecule has 0 radical (unpaired) electrons. The molecule has 4 atom stereocenters. The third kappa shape index (κ3) is 16.4. The summed E-state index contributed by atoms with van der Waals surface area (Å²) < 4.78 is 32.6. The van der Waals surface area contributed by atoms with Crippen LogP contribution in [0, 0.1) is 0 Å². The maximum Gasteiger partial charge on any atom is 0.312 e. The Hall–Kier alpha value is -7.47. The molecule has 64 heavy (non-hydrogen) atoms. The molecule has 1 aliphatic heterocycles. The predicted molar refractivity (Wildman–Crippen MR) is 228 cm³/mol. The number of carbonyl (C=O) groups excluding carboxylic acids is 7. The monoisotopic (exact) mass is 907 g/mol. The third-order valence-electron chi connectivity index (χ3n) is 9.41. The number of carbonyl (C=O) groups is 8. The molecule has 0 saturated carbocycles. The largest absolute Gasteiger partial charge is 0.481 e. The molecule has 1 saturated heterocycles. The van der Waals surface area contributed by atoms with E-state index in [-0.39, 0.29) is 67.0 Å². The van der Waals surface area contributed by atoms with Gasteiger partial charge in [-0.05, 0) is 55.9 Å². The molecule has 24 heteroatoms. The summed E-state index contributed by atoms with van der Waals surface area (Å²) in [7, 11) is -4.48. The topological polar surface area (TPSA) is 359 Å². The van der Waals surface area contributed by atoms with Gasteiger partial charge in [-0.2, -0.15) is 13.5 Å². The van der Waals surface area contributed by atoms with E-state index in [0.717, 1.165) is 0 Å². The fourth-order valence-electron chi connectivity index (χ4n) is 6.21. The van der Waals surface area contributed by atoms with E-state index in [1.807, 2.05) is 0 Å². The van der Waals surface area contributed by atoms with E-state index >= 15 is 0 Å². The minimum absolute atomic E-state index is 0.0180. The number of nitrogens with zero attached hydrogens (tertiary/aromatic N) is 2. The number of anilines is 1. The van der Waals surface area contributed by atoms with Gasteiger partial charge in [-0.1, -0.05) is 48.5 Å². The molecule has 2 heterocycles. The molecule has 3 aromatic rings. The van der Waals surface area contributed by atoms with Crippen molar-refractivity contribution in [1.82, 2.24) is 42.2 Å². The zero-order chi connectivity index (χ0) is 46.6. The first-order valence-corrected chi connectivity index (χ1v) is 21.3. The number of aliphatic carboxylic acids is 1. The van der Waals surface area contributed by atoms with Gasteiger partial charge in [0, 0.05) is 31.3 Å². The van der Waals surface area contributed by atoms with E-state index in [2.05, 4.69) is 52.7 Å². The lowest BCUT2D eigenvalue weighted by Crippen LogP contribution is -2.58. The van der Waals surface area contributed by atoms with Gasteiger partial charge < -0.3 is 48.1 Å². The van der Waals surface area contributed by atoms with E-state index in [1.54, 1.807) is 36.4 Å². The average molecular weight is 908 g/mol. The Labute approximate surface area is 366 Å². The van der Waals surface area contributed by atoms with Gasteiger partial charge in [-0.25, -0.2) is 9.78 Å². The van der Waals surface area contributed by atoms with Gasteiger partial charge in [0.1, 0.15) is 34.9 Å². The second-order valence-corrected chi connectivity index (χ2v) is 15.7. The molecule has 1 aliphatic rings. The zero-order valence-corrected chi connectivity index (χ0v) is 35.1. The fraction of sp³-hybridized carbons (Fsp3) is 0.350. The molecule has 8 amide bonds. The molecule has 0 aliphatic carbocycles. The fourth-order valence-corrected chi connectivity index (χ4v) is 6.88. The molecule has 4 rings (SSSR count). The number of unbranched alkanes of at least 4 members (excludes halogenated alkanes) is 1. The predicted octanol–water partition coefficient (Wildman–Crippen LogP) is -1.09. The summed E-state index contributed by atoms with van der Waals surface area (Å²) in [6.07, 6.45) is 2.13. The number of hydrogen-bond donors (Lipinski definition) is 11. The van der Waals surface area contributed by atoms with Gasteiger partial charge in [0.25, 0.3) is 16.0 Å². The Morgan fingerprint density at radius 1 is 0.766 bits per heavy atom. The molecular weight excluding hydrogens is 859 g/mol. The van der Waals surface area contributed by atoms with Crippen LogP contribution >= 0.6 is 0 Å². The van der Waals surface area contributed by atoms with Crippen LogP contribution < -0.4 is 48.4 Å². The van der Waals surface area contributed by atoms with Crippen LogP contribution in [0.25, 0.3) is 0 Å². The van der Waals surface area contributed by atoms with Gasteiger partial charge in [-0.3, -0.25) is 43.5 Å². The molecule has 342 valence electrons. The lowest BCUT2D eigenvalue weighted by atomic mass is 10.0. The number of nitrogens with two attached hydrogens (primary N) is 1. The highest BCUT2D eigenvalue weighted by Crippen LogP contribution is 2.14. The Morgan fingerprint density at radius 3 is 2.06 bits per heavy atom. The standard InChI is InChI=1S/C40H49N11O12S/c41-40(60)43-18-8-13-27-36(56)45-23-33(52)47-30(20-34(53)54)39(59)50-29(19-24-9-2-1-3-10-24)38(58)49-28(37(57)48-27)12-6-7-17-42-35(55)26-15-16-32(44-21-26)51-46-22-25-11-4-5-14-31(25)64(61,62)63/h1-5,9-11,14-16,21-22,27-30H,6-8,12-13,17-20,23H2,(H,42,55)(H,44,51)(H,45,56)(H,47,52)(H,48,57)(H,49,58)(H,50,59)(H,53,54)(H3,41,43,60)(H,61,62,63)/b46-22-/t27-,28-,29+,30-/m0/s1. The lowest BCUT2D eigenvalue weighted by Gasteiger charge is -2.26. The number of benzene rings is 2. The van der Waals surface area contributed by atoms with E-state index in [1.165, 1.54) is 42.7 Å². The first kappa shape index (κ1) is 49.2. The summed E-state index contributed by atoms with van der Waals surface area (Å²) >= 11 is 0. The van der Waals surface area contributed by atoms with E-state index < -0.39 is 94.7 Å². The molecule has 0 unspecified atom stereocenters. The number of hydrogen-bond acceptors (Lipinski definition) is 13. The van der Waals surface area contributed by atoms with Crippen LogP contribution in [0.2, 0.25) is 0 Å². The van der Waals surface area contributed by atoms with Crippen molar-refractivity contribution in [2.45, 2.75) is 74.0 Å². The highest BCUT2D eigenvalue weighted by atomic mass is 32.2. The normalized spacial score (nSPS) is 18.8. The van der Waals surface area contributed by atoms with Gasteiger partial charge in [0.15, 0.2) is 0 Å². The van der Waals surface area contributed by atoms with Crippen LogP contribution in [0.15, 0.2) is 82.9 Å². The van der Waals surface area contributed by atoms with Crippen molar-refractivity contribution in [1.29, 1.82) is 0 Å². The maximum atomic E-state index is 14.0. The number of aromatic nitrogens is 1. The summed E-state index contributed by atoms with van der Waals surface area (Å²) in [6.45, 7) is -0.539. The summed E-state index contributed by atoms with van der Waals surface area (Å²) in [6, 6.07) is 10.7. The van der Waals surface area contributed by atoms with E-state index in [9.17, 15) is 56.4 Å². The summed E-state index contributed by atoms with van der Waals surface area (Å²) in [4.78, 5) is 107. The first-order chi connectivity index (χ1) is 30.5. The quantitative estimate of drug-likeness (QED) is 0.0313. The van der Waals surface area contributed by atoms with Gasteiger partial charge in [0.05, 0.1) is 24.7 Å². The summed E-state index contributed by atoms with van der Waals surface area (Å²) in [5, 5.41) is 30.9. The average Bonchev–Trinajstić information content (AvgIpc) is 3.25. The highest BCUT2D eigenvalue weighted by Gasteiger charge is 2.33. The number of hydrazone groups is 1. The summed E-state index contributed by atoms with van der Waals surface area (Å²) in [5.41, 5.74) is 8.65. The number of rotatable bonds is 18. The van der Waals surface area contributed by atoms with Gasteiger partial charge >= 0.3 is 12.0 Å². The SMILES string of the molecule is NC(=O)NCCC[C@@H]1NC(=O)[C@H](CCCCNC(=O)c2ccc(N/N=C\c3ccccc3S(=O)(=O)O)nc2)NC(=O)[C@@H](Cc2ccccc2)NC(=O)[C@H](CC(=O)O)NC(=O)CNC1=O. The smallest absolute Gasteiger partial charge is 0.312 e. The second kappa shape index (κ2) is 24.2. The van der Waals surface area contributed by atoms with E-state index in [4.69, 9.17) is 5.73 Å². The van der Waals surface area contributed by atoms with E-state index in [0.29, 0.717) is 12.0 Å². The molecule has 0 spiro atoms. The highest BCUT2D eigenvalue weighted by molar-refractivity contribution is 7.86. The van der Waals surface area contributed by atoms with Crippen molar-refractivity contribution >= 4 is 69.6 Å². The number of carboxylic acids is 1. The number of amides is 8. The Bertz CT molecular complexity index is 2300. The number of nitrogens with one attached hydrogen (secondary N) is 8. The van der Waals surface area contributed by atoms with Crippen molar-refractivity contribution in [3.63, 3.8) is 0 Å². The van der Waals surface area contributed by atoms with Crippen LogP contribution in [0.5, 0.6) is 0 Å². The van der Waals surface area contributed by atoms with Crippen LogP contribution in [0.3, 0.4) is 0 Å². The Balaban J connectivity index is 1.46.